The van der Waals surface area contributed by atoms with Gasteiger partial charge in [0, 0.05) is 11.1 Å². The quantitative estimate of drug-likeness (QED) is 0.903. The highest BCUT2D eigenvalue weighted by Crippen LogP contribution is 2.27. The Morgan fingerprint density at radius 2 is 2.17 bits per heavy atom. The Bertz CT molecular complexity index is 620. The molecule has 0 aliphatic rings. The Morgan fingerprint density at radius 3 is 2.72 bits per heavy atom. The van der Waals surface area contributed by atoms with Gasteiger partial charge in [-0.25, -0.2) is 4.79 Å². The zero-order valence-corrected chi connectivity index (χ0v) is 10.7. The van der Waals surface area contributed by atoms with Crippen LogP contribution in [0.4, 0.5) is 0 Å². The second kappa shape index (κ2) is 4.64. The van der Waals surface area contributed by atoms with Gasteiger partial charge in [0.15, 0.2) is 0 Å². The Kier molecular flexibility index (Phi) is 3.19. The van der Waals surface area contributed by atoms with Crippen molar-refractivity contribution >= 4 is 16.9 Å². The summed E-state index contributed by atoms with van der Waals surface area (Å²) in [6, 6.07) is 5.30. The second-order valence-electron chi connectivity index (χ2n) is 4.09. The maximum Gasteiger partial charge on any atom is 0.336 e. The fourth-order valence-electron chi connectivity index (χ4n) is 2.21. The van der Waals surface area contributed by atoms with E-state index in [1.54, 1.807) is 25.3 Å². The van der Waals surface area contributed by atoms with Crippen molar-refractivity contribution in [2.24, 2.45) is 0 Å². The molecule has 4 nitrogen and oxygen atoms in total. The van der Waals surface area contributed by atoms with E-state index < -0.39 is 5.97 Å². The molecule has 0 atom stereocenters. The monoisotopic (exact) mass is 245 g/mol. The number of hydrogen-bond acceptors (Lipinski definition) is 3. The molecule has 0 amide bonds. The summed E-state index contributed by atoms with van der Waals surface area (Å²) in [6.45, 7) is 3.78. The molecule has 0 unspecified atom stereocenters. The average Bonchev–Trinajstić information content (AvgIpc) is 2.36. The number of rotatable bonds is 3. The number of nitrogens with zero attached hydrogens (tertiary/aromatic N) is 1. The van der Waals surface area contributed by atoms with Crippen molar-refractivity contribution < 1.29 is 14.6 Å². The van der Waals surface area contributed by atoms with Crippen LogP contribution in [0.2, 0.25) is 0 Å². The standard InChI is InChI=1S/C14H15NO3/c1-4-10-8(2)15-12-6-5-9(18-3)7-11(12)13(10)14(16)17/h5-7H,4H2,1-3H3,(H,16,17). The van der Waals surface area contributed by atoms with E-state index in [2.05, 4.69) is 4.98 Å². The number of aryl methyl sites for hydroxylation is 1. The number of ether oxygens (including phenoxy) is 1. The van der Waals surface area contributed by atoms with E-state index in [1.807, 2.05) is 13.8 Å². The number of aromatic nitrogens is 1. The predicted molar refractivity (Wildman–Crippen MR) is 69.4 cm³/mol. The van der Waals surface area contributed by atoms with Crippen molar-refractivity contribution in [2.45, 2.75) is 20.3 Å². The fraction of sp³-hybridized carbons (Fsp3) is 0.286. The van der Waals surface area contributed by atoms with Crippen molar-refractivity contribution in [3.8, 4) is 5.75 Å². The highest BCUT2D eigenvalue weighted by atomic mass is 16.5. The average molecular weight is 245 g/mol. The van der Waals surface area contributed by atoms with Gasteiger partial charge in [0.2, 0.25) is 0 Å². The first-order valence-corrected chi connectivity index (χ1v) is 5.79. The Labute approximate surface area is 105 Å². The summed E-state index contributed by atoms with van der Waals surface area (Å²) >= 11 is 0. The van der Waals surface area contributed by atoms with Crippen LogP contribution >= 0.6 is 0 Å². The number of carboxylic acids is 1. The predicted octanol–water partition coefficient (Wildman–Crippen LogP) is 2.81. The first kappa shape index (κ1) is 12.4. The number of aromatic carboxylic acids is 1. The van der Waals surface area contributed by atoms with Gasteiger partial charge in [-0.1, -0.05) is 6.92 Å². The molecule has 94 valence electrons. The van der Waals surface area contributed by atoms with Crippen molar-refractivity contribution in [1.29, 1.82) is 0 Å². The summed E-state index contributed by atoms with van der Waals surface area (Å²) in [5.41, 5.74) is 2.57. The number of benzene rings is 1. The van der Waals surface area contributed by atoms with E-state index in [9.17, 15) is 9.90 Å². The lowest BCUT2D eigenvalue weighted by Gasteiger charge is -2.11. The SMILES string of the molecule is CCc1c(C)nc2ccc(OC)cc2c1C(=O)O. The van der Waals surface area contributed by atoms with Gasteiger partial charge in [-0.3, -0.25) is 4.98 Å². The van der Waals surface area contributed by atoms with Crippen LogP contribution < -0.4 is 4.74 Å². The lowest BCUT2D eigenvalue weighted by molar-refractivity contribution is 0.0697. The van der Waals surface area contributed by atoms with E-state index in [0.717, 1.165) is 11.3 Å². The van der Waals surface area contributed by atoms with Gasteiger partial charge >= 0.3 is 5.97 Å². The van der Waals surface area contributed by atoms with Crippen LogP contribution in [0, 0.1) is 6.92 Å². The number of methoxy groups -OCH3 is 1. The lowest BCUT2D eigenvalue weighted by Crippen LogP contribution is -2.07. The number of pyridine rings is 1. The number of carboxylic acid groups (broad SMARTS) is 1. The van der Waals surface area contributed by atoms with Crippen LogP contribution in [-0.4, -0.2) is 23.2 Å². The largest absolute Gasteiger partial charge is 0.497 e. The number of fused-ring (bicyclic) bond motifs is 1. The van der Waals surface area contributed by atoms with Crippen molar-refractivity contribution in [2.75, 3.05) is 7.11 Å². The molecular formula is C14H15NO3. The maximum atomic E-state index is 11.5. The highest BCUT2D eigenvalue weighted by molar-refractivity contribution is 6.04. The third-order valence-corrected chi connectivity index (χ3v) is 3.07. The van der Waals surface area contributed by atoms with Crippen LogP contribution in [0.5, 0.6) is 5.75 Å². The first-order valence-electron chi connectivity index (χ1n) is 5.79. The van der Waals surface area contributed by atoms with E-state index in [1.165, 1.54) is 0 Å². The molecule has 0 radical (unpaired) electrons. The summed E-state index contributed by atoms with van der Waals surface area (Å²) in [5.74, 6) is -0.284. The van der Waals surface area contributed by atoms with Crippen molar-refractivity contribution in [3.05, 3.63) is 35.0 Å². The van der Waals surface area contributed by atoms with Crippen LogP contribution in [0.25, 0.3) is 10.9 Å². The van der Waals surface area contributed by atoms with Gasteiger partial charge in [0.25, 0.3) is 0 Å². The minimum Gasteiger partial charge on any atom is -0.497 e. The molecule has 1 aromatic carbocycles. The second-order valence-corrected chi connectivity index (χ2v) is 4.09. The molecule has 0 saturated carbocycles. The van der Waals surface area contributed by atoms with Gasteiger partial charge in [-0.05, 0) is 37.1 Å². The van der Waals surface area contributed by atoms with Gasteiger partial charge in [0.05, 0.1) is 18.2 Å². The minimum absolute atomic E-state index is 0.332. The number of carbonyl (C=O) groups is 1. The smallest absolute Gasteiger partial charge is 0.336 e. The Hall–Kier alpha value is -2.10. The van der Waals surface area contributed by atoms with Crippen LogP contribution in [0.1, 0.15) is 28.5 Å². The molecule has 0 aliphatic carbocycles. The molecule has 0 spiro atoms. The molecule has 0 saturated heterocycles. The third kappa shape index (κ3) is 1.90. The van der Waals surface area contributed by atoms with E-state index in [-0.39, 0.29) is 0 Å². The first-order chi connectivity index (χ1) is 8.58. The molecule has 0 fully saturated rings. The van der Waals surface area contributed by atoms with Crippen molar-refractivity contribution in [1.82, 2.24) is 4.98 Å². The van der Waals surface area contributed by atoms with Crippen LogP contribution in [0.15, 0.2) is 18.2 Å². The van der Waals surface area contributed by atoms with Crippen LogP contribution in [0.3, 0.4) is 0 Å². The lowest BCUT2D eigenvalue weighted by atomic mass is 9.99. The van der Waals surface area contributed by atoms with Gasteiger partial charge < -0.3 is 9.84 Å². The number of hydrogen-bond donors (Lipinski definition) is 1. The topological polar surface area (TPSA) is 59.4 Å². The van der Waals surface area contributed by atoms with E-state index in [0.29, 0.717) is 28.6 Å². The van der Waals surface area contributed by atoms with Gasteiger partial charge in [0.1, 0.15) is 5.75 Å². The molecule has 4 heteroatoms. The molecule has 1 heterocycles. The molecular weight excluding hydrogens is 230 g/mol. The maximum absolute atomic E-state index is 11.5. The molecule has 2 rings (SSSR count). The molecule has 0 bridgehead atoms. The Balaban J connectivity index is 2.89. The van der Waals surface area contributed by atoms with E-state index >= 15 is 0 Å². The summed E-state index contributed by atoms with van der Waals surface area (Å²) in [6.07, 6.45) is 0.646. The summed E-state index contributed by atoms with van der Waals surface area (Å²) in [7, 11) is 1.56. The normalized spacial score (nSPS) is 10.6. The summed E-state index contributed by atoms with van der Waals surface area (Å²) in [5, 5.41) is 10.0. The summed E-state index contributed by atoms with van der Waals surface area (Å²) in [4.78, 5) is 15.9. The molecule has 1 N–H and O–H groups in total. The van der Waals surface area contributed by atoms with E-state index in [4.69, 9.17) is 4.74 Å². The minimum atomic E-state index is -0.921. The van der Waals surface area contributed by atoms with Gasteiger partial charge in [-0.2, -0.15) is 0 Å². The zero-order chi connectivity index (χ0) is 13.3. The Morgan fingerprint density at radius 1 is 1.44 bits per heavy atom. The van der Waals surface area contributed by atoms with Crippen LogP contribution in [-0.2, 0) is 6.42 Å². The third-order valence-electron chi connectivity index (χ3n) is 3.07. The van der Waals surface area contributed by atoms with Gasteiger partial charge in [-0.15, -0.1) is 0 Å². The molecule has 1 aromatic heterocycles. The molecule has 2 aromatic rings. The molecule has 0 aliphatic heterocycles. The van der Waals surface area contributed by atoms with Crippen molar-refractivity contribution in [3.63, 3.8) is 0 Å². The zero-order valence-electron chi connectivity index (χ0n) is 10.7. The molecule has 18 heavy (non-hydrogen) atoms. The summed E-state index contributed by atoms with van der Waals surface area (Å²) < 4.78 is 5.14. The highest BCUT2D eigenvalue weighted by Gasteiger charge is 2.17. The fourth-order valence-corrected chi connectivity index (χ4v) is 2.21.